The number of aromatic amines is 1. The van der Waals surface area contributed by atoms with Crippen LogP contribution in [0.1, 0.15) is 37.7 Å². The molecule has 1 atom stereocenters. The minimum atomic E-state index is -0.895. The molecule has 0 aliphatic heterocycles. The fourth-order valence-electron chi connectivity index (χ4n) is 3.35. The molecule has 1 aromatic heterocycles. The van der Waals surface area contributed by atoms with Crippen LogP contribution in [0, 0.1) is 0 Å². The smallest absolute Gasteiger partial charge is 0.326 e. The monoisotopic (exact) mass is 345 g/mol. The minimum absolute atomic E-state index is 0.362. The van der Waals surface area contributed by atoms with Crippen molar-refractivity contribution in [2.45, 2.75) is 50.6 Å². The Balaban J connectivity index is 1.64. The van der Waals surface area contributed by atoms with Gasteiger partial charge in [0.2, 0.25) is 0 Å². The summed E-state index contributed by atoms with van der Waals surface area (Å²) in [4.78, 5) is 14.8. The summed E-state index contributed by atoms with van der Waals surface area (Å²) in [7, 11) is 0. The fraction of sp³-hybridized carbons (Fsp3) is 0.444. The molecular weight excluding hydrogens is 322 g/mol. The van der Waals surface area contributed by atoms with E-state index in [1.807, 2.05) is 30.5 Å². The van der Waals surface area contributed by atoms with Crippen molar-refractivity contribution in [2.24, 2.45) is 0 Å². The molecule has 24 heavy (non-hydrogen) atoms. The van der Waals surface area contributed by atoms with Gasteiger partial charge in [0.1, 0.15) is 6.04 Å². The van der Waals surface area contributed by atoms with Crippen LogP contribution in [0.4, 0.5) is 0 Å². The molecule has 1 fully saturated rings. The van der Waals surface area contributed by atoms with E-state index in [1.54, 1.807) is 0 Å². The Morgan fingerprint density at radius 2 is 2.04 bits per heavy atom. The van der Waals surface area contributed by atoms with Crippen molar-refractivity contribution in [3.8, 4) is 0 Å². The summed E-state index contributed by atoms with van der Waals surface area (Å²) in [6.45, 7) is 0. The topological polar surface area (TPSA) is 77.1 Å². The molecule has 0 saturated heterocycles. The SMILES string of the molecule is O=C(O)[C@@H](Cc1c[nH]c2ccccc12)NC(=S)NC1CCCCC1. The van der Waals surface area contributed by atoms with E-state index in [4.69, 9.17) is 12.2 Å². The van der Waals surface area contributed by atoms with Gasteiger partial charge in [-0.1, -0.05) is 37.5 Å². The first-order chi connectivity index (χ1) is 11.6. The molecule has 0 spiro atoms. The highest BCUT2D eigenvalue weighted by molar-refractivity contribution is 7.80. The highest BCUT2D eigenvalue weighted by Gasteiger charge is 2.22. The second kappa shape index (κ2) is 7.66. The summed E-state index contributed by atoms with van der Waals surface area (Å²) in [5.74, 6) is -0.895. The zero-order valence-corrected chi connectivity index (χ0v) is 14.4. The Labute approximate surface area is 146 Å². The van der Waals surface area contributed by atoms with Gasteiger partial charge in [-0.25, -0.2) is 4.79 Å². The highest BCUT2D eigenvalue weighted by atomic mass is 32.1. The van der Waals surface area contributed by atoms with Crippen LogP contribution >= 0.6 is 12.2 Å². The normalized spacial score (nSPS) is 16.7. The van der Waals surface area contributed by atoms with Crippen molar-refractivity contribution in [3.05, 3.63) is 36.0 Å². The number of carbonyl (C=O) groups is 1. The van der Waals surface area contributed by atoms with Crippen LogP contribution in [-0.2, 0) is 11.2 Å². The first-order valence-electron chi connectivity index (χ1n) is 8.48. The maximum atomic E-state index is 11.6. The molecule has 1 saturated carbocycles. The van der Waals surface area contributed by atoms with Crippen LogP contribution in [0.2, 0.25) is 0 Å². The van der Waals surface area contributed by atoms with Crippen molar-refractivity contribution >= 4 is 34.2 Å². The van der Waals surface area contributed by atoms with Gasteiger partial charge in [0.15, 0.2) is 5.11 Å². The number of H-pyrrole nitrogens is 1. The first kappa shape index (κ1) is 16.8. The lowest BCUT2D eigenvalue weighted by Gasteiger charge is -2.25. The summed E-state index contributed by atoms with van der Waals surface area (Å²) in [6, 6.07) is 7.52. The summed E-state index contributed by atoms with van der Waals surface area (Å²) in [6.07, 6.45) is 8.14. The van der Waals surface area contributed by atoms with Crippen LogP contribution in [-0.4, -0.2) is 33.3 Å². The lowest BCUT2D eigenvalue weighted by molar-refractivity contribution is -0.139. The lowest BCUT2D eigenvalue weighted by Crippen LogP contribution is -2.50. The molecule has 5 nitrogen and oxygen atoms in total. The van der Waals surface area contributed by atoms with E-state index in [-0.39, 0.29) is 0 Å². The number of carboxylic acid groups (broad SMARTS) is 1. The van der Waals surface area contributed by atoms with E-state index in [9.17, 15) is 9.90 Å². The van der Waals surface area contributed by atoms with Crippen LogP contribution < -0.4 is 10.6 Å². The van der Waals surface area contributed by atoms with E-state index in [2.05, 4.69) is 15.6 Å². The third-order valence-corrected chi connectivity index (χ3v) is 4.88. The second-order valence-corrected chi connectivity index (χ2v) is 6.82. The molecule has 0 unspecified atom stereocenters. The molecule has 1 heterocycles. The molecule has 4 N–H and O–H groups in total. The van der Waals surface area contributed by atoms with Gasteiger partial charge in [-0.3, -0.25) is 0 Å². The molecule has 0 radical (unpaired) electrons. The minimum Gasteiger partial charge on any atom is -0.480 e. The Hall–Kier alpha value is -2.08. The number of para-hydroxylation sites is 1. The summed E-state index contributed by atoms with van der Waals surface area (Å²) >= 11 is 5.33. The third-order valence-electron chi connectivity index (χ3n) is 4.64. The number of nitrogens with one attached hydrogen (secondary N) is 3. The largest absolute Gasteiger partial charge is 0.480 e. The van der Waals surface area contributed by atoms with Gasteiger partial charge in [0.25, 0.3) is 0 Å². The number of thiocarbonyl (C=S) groups is 1. The van der Waals surface area contributed by atoms with Crippen LogP contribution in [0.25, 0.3) is 10.9 Å². The zero-order valence-electron chi connectivity index (χ0n) is 13.5. The van der Waals surface area contributed by atoms with E-state index >= 15 is 0 Å². The maximum Gasteiger partial charge on any atom is 0.326 e. The van der Waals surface area contributed by atoms with Crippen molar-refractivity contribution in [3.63, 3.8) is 0 Å². The van der Waals surface area contributed by atoms with Crippen LogP contribution in [0.15, 0.2) is 30.5 Å². The highest BCUT2D eigenvalue weighted by Crippen LogP contribution is 2.19. The number of hydrogen-bond acceptors (Lipinski definition) is 2. The predicted molar refractivity (Wildman–Crippen MR) is 99.2 cm³/mol. The van der Waals surface area contributed by atoms with Crippen LogP contribution in [0.5, 0.6) is 0 Å². The van der Waals surface area contributed by atoms with E-state index < -0.39 is 12.0 Å². The number of rotatable bonds is 5. The molecule has 1 aliphatic carbocycles. The zero-order chi connectivity index (χ0) is 16.9. The van der Waals surface area contributed by atoms with E-state index in [1.165, 1.54) is 19.3 Å². The van der Waals surface area contributed by atoms with Gasteiger partial charge in [-0.05, 0) is 36.7 Å². The molecule has 0 bridgehead atoms. The molecule has 2 aromatic rings. The Bertz CT molecular complexity index is 722. The molecule has 3 rings (SSSR count). The first-order valence-corrected chi connectivity index (χ1v) is 8.89. The number of carboxylic acids is 1. The lowest BCUT2D eigenvalue weighted by atomic mass is 9.96. The van der Waals surface area contributed by atoms with E-state index in [0.717, 1.165) is 29.3 Å². The quantitative estimate of drug-likeness (QED) is 0.627. The molecule has 1 aromatic carbocycles. The number of aromatic nitrogens is 1. The standard InChI is InChI=1S/C18H23N3O2S/c22-17(23)16(21-18(24)20-13-6-2-1-3-7-13)10-12-11-19-15-9-5-4-8-14(12)15/h4-5,8-9,11,13,16,19H,1-3,6-7,10H2,(H,22,23)(H2,20,21,24)/t16-/m1/s1. The van der Waals surface area contributed by atoms with E-state index in [0.29, 0.717) is 17.6 Å². The Morgan fingerprint density at radius 3 is 2.79 bits per heavy atom. The van der Waals surface area contributed by atoms with Crippen molar-refractivity contribution in [1.29, 1.82) is 0 Å². The molecule has 1 aliphatic rings. The van der Waals surface area contributed by atoms with Gasteiger partial charge in [-0.15, -0.1) is 0 Å². The van der Waals surface area contributed by atoms with Crippen molar-refractivity contribution < 1.29 is 9.90 Å². The van der Waals surface area contributed by atoms with Crippen molar-refractivity contribution in [2.75, 3.05) is 0 Å². The summed E-state index contributed by atoms with van der Waals surface area (Å²) in [5, 5.41) is 17.3. The van der Waals surface area contributed by atoms with Gasteiger partial charge in [0, 0.05) is 29.6 Å². The fourth-order valence-corrected chi connectivity index (χ4v) is 3.66. The Morgan fingerprint density at radius 1 is 1.29 bits per heavy atom. The number of fused-ring (bicyclic) bond motifs is 1. The summed E-state index contributed by atoms with van der Waals surface area (Å²) in [5.41, 5.74) is 1.99. The second-order valence-electron chi connectivity index (χ2n) is 6.41. The Kier molecular flexibility index (Phi) is 5.35. The maximum absolute atomic E-state index is 11.6. The molecule has 128 valence electrons. The average molecular weight is 345 g/mol. The average Bonchev–Trinajstić information content (AvgIpc) is 2.98. The summed E-state index contributed by atoms with van der Waals surface area (Å²) < 4.78 is 0. The molecule has 0 amide bonds. The van der Waals surface area contributed by atoms with Crippen molar-refractivity contribution in [1.82, 2.24) is 15.6 Å². The molecule has 6 heteroatoms. The predicted octanol–water partition coefficient (Wildman–Crippen LogP) is 2.96. The molecular formula is C18H23N3O2S. The van der Waals surface area contributed by atoms with Gasteiger partial charge in [0.05, 0.1) is 0 Å². The number of aliphatic carboxylic acids is 1. The van der Waals surface area contributed by atoms with Gasteiger partial charge < -0.3 is 20.7 Å². The van der Waals surface area contributed by atoms with Gasteiger partial charge >= 0.3 is 5.97 Å². The third kappa shape index (κ3) is 4.06. The van der Waals surface area contributed by atoms with Gasteiger partial charge in [-0.2, -0.15) is 0 Å². The number of benzene rings is 1. The number of hydrogen-bond donors (Lipinski definition) is 4. The van der Waals surface area contributed by atoms with Crippen LogP contribution in [0.3, 0.4) is 0 Å².